The molecular weight excluding hydrogens is 426 g/mol. The van der Waals surface area contributed by atoms with Crippen LogP contribution in [0.15, 0.2) is 58.8 Å². The Hall–Kier alpha value is -2.35. The third-order valence-corrected chi connectivity index (χ3v) is 6.40. The number of hydrogen-bond donors (Lipinski definition) is 2. The van der Waals surface area contributed by atoms with Crippen LogP contribution in [-0.2, 0) is 9.59 Å². The molecule has 1 saturated carbocycles. The number of aromatic nitrogens is 1. The monoisotopic (exact) mass is 443 g/mol. The molecule has 29 heavy (non-hydrogen) atoms. The zero-order chi connectivity index (χ0) is 20.2. The Morgan fingerprint density at radius 1 is 1.14 bits per heavy atom. The molecule has 0 saturated heterocycles. The van der Waals surface area contributed by atoms with Crippen molar-refractivity contribution in [1.29, 1.82) is 0 Å². The van der Waals surface area contributed by atoms with E-state index in [9.17, 15) is 9.59 Å². The minimum absolute atomic E-state index is 0.0722. The van der Waals surface area contributed by atoms with Gasteiger partial charge in [0.15, 0.2) is 5.13 Å². The summed E-state index contributed by atoms with van der Waals surface area (Å²) in [5.41, 5.74) is 2.34. The Bertz CT molecular complexity index is 1050. The first-order chi connectivity index (χ1) is 14.1. The second-order valence-corrected chi connectivity index (χ2v) is 8.96. The smallest absolute Gasteiger partial charge is 0.236 e. The molecule has 2 aromatic carbocycles. The summed E-state index contributed by atoms with van der Waals surface area (Å²) >= 11 is 8.98. The van der Waals surface area contributed by atoms with E-state index in [1.807, 2.05) is 53.9 Å². The van der Waals surface area contributed by atoms with Crippen LogP contribution in [0.5, 0.6) is 0 Å². The molecule has 5 nitrogen and oxygen atoms in total. The summed E-state index contributed by atoms with van der Waals surface area (Å²) in [6, 6.07) is 15.0. The van der Waals surface area contributed by atoms with Crippen molar-refractivity contribution in [2.24, 2.45) is 5.92 Å². The summed E-state index contributed by atoms with van der Waals surface area (Å²) in [6.07, 6.45) is 1.94. The first-order valence-electron chi connectivity index (χ1n) is 9.12. The Morgan fingerprint density at radius 3 is 2.76 bits per heavy atom. The quantitative estimate of drug-likeness (QED) is 0.470. The summed E-state index contributed by atoms with van der Waals surface area (Å²) in [4.78, 5) is 29.6. The molecule has 148 valence electrons. The third kappa shape index (κ3) is 5.38. The third-order valence-electron chi connectivity index (χ3n) is 4.32. The lowest BCUT2D eigenvalue weighted by Crippen LogP contribution is -2.14. The highest BCUT2D eigenvalue weighted by molar-refractivity contribution is 8.00. The molecule has 1 heterocycles. The van der Waals surface area contributed by atoms with Crippen molar-refractivity contribution in [2.45, 2.75) is 17.7 Å². The van der Waals surface area contributed by atoms with Crippen molar-refractivity contribution in [3.63, 3.8) is 0 Å². The molecule has 2 amide bonds. The number of nitrogens with zero attached hydrogens (tertiary/aromatic N) is 1. The molecule has 1 fully saturated rings. The van der Waals surface area contributed by atoms with Gasteiger partial charge in [0, 0.05) is 32.5 Å². The van der Waals surface area contributed by atoms with E-state index >= 15 is 0 Å². The zero-order valence-electron chi connectivity index (χ0n) is 15.4. The first-order valence-corrected chi connectivity index (χ1v) is 11.4. The second-order valence-electron chi connectivity index (χ2n) is 6.65. The van der Waals surface area contributed by atoms with Gasteiger partial charge >= 0.3 is 0 Å². The first kappa shape index (κ1) is 19.9. The number of amides is 2. The highest BCUT2D eigenvalue weighted by Gasteiger charge is 2.29. The van der Waals surface area contributed by atoms with E-state index in [0.717, 1.165) is 34.7 Å². The average Bonchev–Trinajstić information content (AvgIpc) is 3.47. The number of thiazole rings is 1. The van der Waals surface area contributed by atoms with Crippen molar-refractivity contribution in [1.82, 2.24) is 4.98 Å². The van der Waals surface area contributed by atoms with Gasteiger partial charge in [-0.05, 0) is 37.1 Å². The van der Waals surface area contributed by atoms with Crippen LogP contribution >= 0.6 is 34.7 Å². The van der Waals surface area contributed by atoms with Crippen molar-refractivity contribution in [3.05, 3.63) is 58.9 Å². The lowest BCUT2D eigenvalue weighted by molar-refractivity contribution is -0.117. The Labute approximate surface area is 181 Å². The van der Waals surface area contributed by atoms with E-state index in [0.29, 0.717) is 10.2 Å². The van der Waals surface area contributed by atoms with Crippen molar-refractivity contribution in [3.8, 4) is 11.3 Å². The lowest BCUT2D eigenvalue weighted by atomic mass is 10.2. The molecule has 4 rings (SSSR count). The fourth-order valence-corrected chi connectivity index (χ4v) is 4.40. The van der Waals surface area contributed by atoms with Gasteiger partial charge < -0.3 is 10.6 Å². The van der Waals surface area contributed by atoms with Gasteiger partial charge in [0.25, 0.3) is 0 Å². The second kappa shape index (κ2) is 8.98. The van der Waals surface area contributed by atoms with Crippen LogP contribution in [0.4, 0.5) is 10.8 Å². The van der Waals surface area contributed by atoms with Gasteiger partial charge in [-0.1, -0.05) is 35.9 Å². The van der Waals surface area contributed by atoms with Gasteiger partial charge in [-0.25, -0.2) is 4.98 Å². The average molecular weight is 444 g/mol. The van der Waals surface area contributed by atoms with Crippen LogP contribution in [0.25, 0.3) is 11.3 Å². The molecule has 1 aliphatic rings. The van der Waals surface area contributed by atoms with Gasteiger partial charge in [0.05, 0.1) is 11.4 Å². The maximum atomic E-state index is 12.3. The predicted molar refractivity (Wildman–Crippen MR) is 120 cm³/mol. The van der Waals surface area contributed by atoms with E-state index in [1.54, 1.807) is 0 Å². The molecular formula is C21H18ClN3O2S2. The minimum atomic E-state index is -0.137. The number of rotatable bonds is 7. The molecule has 1 aromatic heterocycles. The van der Waals surface area contributed by atoms with E-state index in [2.05, 4.69) is 15.6 Å². The van der Waals surface area contributed by atoms with Gasteiger partial charge in [0.1, 0.15) is 0 Å². The van der Waals surface area contributed by atoms with E-state index in [-0.39, 0.29) is 23.5 Å². The summed E-state index contributed by atoms with van der Waals surface area (Å²) < 4.78 is 0. The molecule has 0 unspecified atom stereocenters. The number of hydrogen-bond acceptors (Lipinski definition) is 5. The van der Waals surface area contributed by atoms with Crippen molar-refractivity contribution < 1.29 is 9.59 Å². The fraction of sp³-hybridized carbons (Fsp3) is 0.190. The van der Waals surface area contributed by atoms with Crippen LogP contribution in [0.2, 0.25) is 5.02 Å². The van der Waals surface area contributed by atoms with Crippen LogP contribution in [-0.4, -0.2) is 22.6 Å². The van der Waals surface area contributed by atoms with Crippen molar-refractivity contribution in [2.75, 3.05) is 16.4 Å². The summed E-state index contributed by atoms with van der Waals surface area (Å²) in [5.74, 6) is 0.345. The highest BCUT2D eigenvalue weighted by Crippen LogP contribution is 2.32. The summed E-state index contributed by atoms with van der Waals surface area (Å²) in [7, 11) is 0. The molecule has 0 spiro atoms. The SMILES string of the molecule is O=C(CSc1cccc(NC(=O)C2CC2)c1)Nc1nc(-c2ccccc2Cl)cs1. The number of carbonyl (C=O) groups excluding carboxylic acids is 2. The summed E-state index contributed by atoms with van der Waals surface area (Å²) in [6.45, 7) is 0. The molecule has 2 N–H and O–H groups in total. The van der Waals surface area contributed by atoms with Gasteiger partial charge in [0.2, 0.25) is 11.8 Å². The van der Waals surface area contributed by atoms with Gasteiger partial charge in [-0.2, -0.15) is 0 Å². The normalized spacial score (nSPS) is 13.1. The van der Waals surface area contributed by atoms with E-state index < -0.39 is 0 Å². The lowest BCUT2D eigenvalue weighted by Gasteiger charge is -2.07. The number of anilines is 2. The molecule has 1 aliphatic carbocycles. The molecule has 0 aliphatic heterocycles. The summed E-state index contributed by atoms with van der Waals surface area (Å²) in [5, 5.41) is 8.78. The van der Waals surface area contributed by atoms with Crippen LogP contribution < -0.4 is 10.6 Å². The van der Waals surface area contributed by atoms with Gasteiger partial charge in [-0.3, -0.25) is 9.59 Å². The van der Waals surface area contributed by atoms with Crippen molar-refractivity contribution >= 4 is 57.3 Å². The number of carbonyl (C=O) groups is 2. The van der Waals surface area contributed by atoms with Gasteiger partial charge in [-0.15, -0.1) is 23.1 Å². The molecule has 8 heteroatoms. The Balaban J connectivity index is 1.31. The highest BCUT2D eigenvalue weighted by atomic mass is 35.5. The molecule has 0 radical (unpaired) electrons. The maximum Gasteiger partial charge on any atom is 0.236 e. The zero-order valence-corrected chi connectivity index (χ0v) is 17.7. The topological polar surface area (TPSA) is 71.1 Å². The van der Waals surface area contributed by atoms with Crippen LogP contribution in [0, 0.1) is 5.92 Å². The number of halogens is 1. The standard InChI is InChI=1S/C21H18ClN3O2S2/c22-17-7-2-1-6-16(17)18-11-29-21(24-18)25-19(26)12-28-15-5-3-4-14(10-15)23-20(27)13-8-9-13/h1-7,10-11,13H,8-9,12H2,(H,23,27)(H,24,25,26). The minimum Gasteiger partial charge on any atom is -0.326 e. The molecule has 0 atom stereocenters. The van der Waals surface area contributed by atoms with E-state index in [1.165, 1.54) is 23.1 Å². The predicted octanol–water partition coefficient (Wildman–Crippen LogP) is 5.54. The van der Waals surface area contributed by atoms with E-state index in [4.69, 9.17) is 11.6 Å². The Morgan fingerprint density at radius 2 is 1.97 bits per heavy atom. The number of benzene rings is 2. The maximum absolute atomic E-state index is 12.3. The largest absolute Gasteiger partial charge is 0.326 e. The Kier molecular flexibility index (Phi) is 6.18. The number of thioether (sulfide) groups is 1. The van der Waals surface area contributed by atoms with Crippen LogP contribution in [0.1, 0.15) is 12.8 Å². The molecule has 0 bridgehead atoms. The fourth-order valence-electron chi connectivity index (χ4n) is 2.68. The van der Waals surface area contributed by atoms with Crippen LogP contribution in [0.3, 0.4) is 0 Å². The number of nitrogens with one attached hydrogen (secondary N) is 2. The molecule has 3 aromatic rings.